The molecule has 0 aliphatic rings. The number of carbonyl (C=O) groups is 1. The number of benzene rings is 1. The maximum atomic E-state index is 11.8. The number of unbranched alkanes of at least 4 members (excludes halogenated alkanes) is 5. The summed E-state index contributed by atoms with van der Waals surface area (Å²) in [7, 11) is 0. The molecule has 0 fully saturated rings. The standard InChI is InChI=1S/C17H28N2O/c1-2-3-4-5-6-7-12-17(20)19-14-16-11-9-8-10-15(16)13-18/h8-11H,2-7,12-14,18H2,1H3,(H,19,20). The van der Waals surface area contributed by atoms with E-state index in [1.54, 1.807) is 0 Å². The first-order valence-electron chi connectivity index (χ1n) is 7.81. The lowest BCUT2D eigenvalue weighted by Crippen LogP contribution is -2.23. The first-order valence-corrected chi connectivity index (χ1v) is 7.81. The Bertz CT molecular complexity index is 390. The predicted octanol–water partition coefficient (Wildman–Crippen LogP) is 3.51. The molecule has 0 atom stereocenters. The van der Waals surface area contributed by atoms with Crippen molar-refractivity contribution in [3.05, 3.63) is 35.4 Å². The highest BCUT2D eigenvalue weighted by Gasteiger charge is 2.03. The van der Waals surface area contributed by atoms with Gasteiger partial charge in [0.05, 0.1) is 0 Å². The fourth-order valence-electron chi connectivity index (χ4n) is 2.28. The van der Waals surface area contributed by atoms with Crippen LogP contribution in [-0.2, 0) is 17.9 Å². The molecule has 112 valence electrons. The van der Waals surface area contributed by atoms with E-state index in [1.807, 2.05) is 24.3 Å². The minimum Gasteiger partial charge on any atom is -0.352 e. The van der Waals surface area contributed by atoms with Gasteiger partial charge in [-0.2, -0.15) is 0 Å². The maximum absolute atomic E-state index is 11.8. The average Bonchev–Trinajstić information content (AvgIpc) is 2.49. The molecule has 0 saturated carbocycles. The summed E-state index contributed by atoms with van der Waals surface area (Å²) < 4.78 is 0. The van der Waals surface area contributed by atoms with Crippen LogP contribution >= 0.6 is 0 Å². The normalized spacial score (nSPS) is 10.5. The second kappa shape index (κ2) is 10.4. The van der Waals surface area contributed by atoms with Crippen LogP contribution in [0.4, 0.5) is 0 Å². The Morgan fingerprint density at radius 1 is 1.05 bits per heavy atom. The van der Waals surface area contributed by atoms with Gasteiger partial charge in [-0.05, 0) is 17.5 Å². The predicted molar refractivity (Wildman–Crippen MR) is 84.2 cm³/mol. The molecular weight excluding hydrogens is 248 g/mol. The van der Waals surface area contributed by atoms with Gasteiger partial charge < -0.3 is 11.1 Å². The SMILES string of the molecule is CCCCCCCCC(=O)NCc1ccccc1CN. The maximum Gasteiger partial charge on any atom is 0.220 e. The number of nitrogens with one attached hydrogen (secondary N) is 1. The summed E-state index contributed by atoms with van der Waals surface area (Å²) in [5.74, 6) is 0.146. The number of carbonyl (C=O) groups excluding carboxylic acids is 1. The van der Waals surface area contributed by atoms with Gasteiger partial charge in [0.1, 0.15) is 0 Å². The number of hydrogen-bond acceptors (Lipinski definition) is 2. The van der Waals surface area contributed by atoms with Gasteiger partial charge in [0.15, 0.2) is 0 Å². The number of hydrogen-bond donors (Lipinski definition) is 2. The van der Waals surface area contributed by atoms with Crippen molar-refractivity contribution in [1.29, 1.82) is 0 Å². The number of rotatable bonds is 10. The minimum atomic E-state index is 0.146. The van der Waals surface area contributed by atoms with Crippen molar-refractivity contribution in [2.24, 2.45) is 5.73 Å². The van der Waals surface area contributed by atoms with Gasteiger partial charge in [-0.25, -0.2) is 0 Å². The Labute approximate surface area is 122 Å². The Kier molecular flexibility index (Phi) is 8.72. The van der Waals surface area contributed by atoms with E-state index in [0.29, 0.717) is 19.5 Å². The summed E-state index contributed by atoms with van der Waals surface area (Å²) in [5.41, 5.74) is 7.90. The van der Waals surface area contributed by atoms with Crippen molar-refractivity contribution in [3.8, 4) is 0 Å². The third kappa shape index (κ3) is 6.71. The topological polar surface area (TPSA) is 55.1 Å². The first-order chi connectivity index (χ1) is 9.77. The molecule has 1 amide bonds. The lowest BCUT2D eigenvalue weighted by Gasteiger charge is -2.09. The molecule has 1 aromatic carbocycles. The molecule has 0 radical (unpaired) electrons. The van der Waals surface area contributed by atoms with Crippen LogP contribution in [0.25, 0.3) is 0 Å². The summed E-state index contributed by atoms with van der Waals surface area (Å²) in [4.78, 5) is 11.8. The highest BCUT2D eigenvalue weighted by molar-refractivity contribution is 5.75. The zero-order valence-electron chi connectivity index (χ0n) is 12.7. The second-order valence-electron chi connectivity index (χ2n) is 5.27. The summed E-state index contributed by atoms with van der Waals surface area (Å²) in [6.07, 6.45) is 7.90. The van der Waals surface area contributed by atoms with Gasteiger partial charge in [0, 0.05) is 19.5 Å². The van der Waals surface area contributed by atoms with E-state index in [9.17, 15) is 4.79 Å². The zero-order chi connectivity index (χ0) is 14.6. The Morgan fingerprint density at radius 2 is 1.70 bits per heavy atom. The van der Waals surface area contributed by atoms with Crippen LogP contribution in [0.15, 0.2) is 24.3 Å². The van der Waals surface area contributed by atoms with E-state index in [0.717, 1.165) is 24.0 Å². The van der Waals surface area contributed by atoms with E-state index < -0.39 is 0 Å². The van der Waals surface area contributed by atoms with Gasteiger partial charge in [0.25, 0.3) is 0 Å². The van der Waals surface area contributed by atoms with E-state index in [4.69, 9.17) is 5.73 Å². The van der Waals surface area contributed by atoms with Crippen molar-refractivity contribution in [3.63, 3.8) is 0 Å². The molecule has 0 aliphatic heterocycles. The highest BCUT2D eigenvalue weighted by Crippen LogP contribution is 2.09. The van der Waals surface area contributed by atoms with Crippen molar-refractivity contribution in [2.45, 2.75) is 65.0 Å². The molecule has 3 N–H and O–H groups in total. The molecular formula is C17H28N2O. The molecule has 20 heavy (non-hydrogen) atoms. The molecule has 0 spiro atoms. The molecule has 0 saturated heterocycles. The van der Waals surface area contributed by atoms with Crippen molar-refractivity contribution < 1.29 is 4.79 Å². The van der Waals surface area contributed by atoms with Crippen LogP contribution < -0.4 is 11.1 Å². The highest BCUT2D eigenvalue weighted by atomic mass is 16.1. The molecule has 0 aliphatic carbocycles. The van der Waals surface area contributed by atoms with Crippen molar-refractivity contribution in [2.75, 3.05) is 0 Å². The summed E-state index contributed by atoms with van der Waals surface area (Å²) in [6, 6.07) is 7.99. The molecule has 0 aromatic heterocycles. The monoisotopic (exact) mass is 276 g/mol. The molecule has 0 unspecified atom stereocenters. The van der Waals surface area contributed by atoms with Crippen molar-refractivity contribution in [1.82, 2.24) is 5.32 Å². The quantitative estimate of drug-likeness (QED) is 0.642. The smallest absolute Gasteiger partial charge is 0.220 e. The largest absolute Gasteiger partial charge is 0.352 e. The van der Waals surface area contributed by atoms with E-state index >= 15 is 0 Å². The second-order valence-corrected chi connectivity index (χ2v) is 5.27. The molecule has 3 heteroatoms. The Morgan fingerprint density at radius 3 is 2.40 bits per heavy atom. The molecule has 3 nitrogen and oxygen atoms in total. The Balaban J connectivity index is 2.16. The van der Waals surface area contributed by atoms with Crippen LogP contribution in [0, 0.1) is 0 Å². The molecule has 0 bridgehead atoms. The zero-order valence-corrected chi connectivity index (χ0v) is 12.7. The van der Waals surface area contributed by atoms with Gasteiger partial charge in [-0.15, -0.1) is 0 Å². The lowest BCUT2D eigenvalue weighted by molar-refractivity contribution is -0.121. The fourth-order valence-corrected chi connectivity index (χ4v) is 2.28. The van der Waals surface area contributed by atoms with E-state index in [2.05, 4.69) is 12.2 Å². The van der Waals surface area contributed by atoms with Crippen LogP contribution in [-0.4, -0.2) is 5.91 Å². The van der Waals surface area contributed by atoms with Gasteiger partial charge >= 0.3 is 0 Å². The Hall–Kier alpha value is -1.35. The fraction of sp³-hybridized carbons (Fsp3) is 0.588. The van der Waals surface area contributed by atoms with Crippen molar-refractivity contribution >= 4 is 5.91 Å². The van der Waals surface area contributed by atoms with E-state index in [-0.39, 0.29) is 5.91 Å². The van der Waals surface area contributed by atoms with Crippen LogP contribution in [0.1, 0.15) is 63.0 Å². The molecule has 0 heterocycles. The van der Waals surface area contributed by atoms with Crippen LogP contribution in [0.5, 0.6) is 0 Å². The summed E-state index contributed by atoms with van der Waals surface area (Å²) in [5, 5.41) is 2.98. The molecule has 1 rings (SSSR count). The third-order valence-corrected chi connectivity index (χ3v) is 3.57. The number of nitrogens with two attached hydrogens (primary N) is 1. The average molecular weight is 276 g/mol. The van der Waals surface area contributed by atoms with Gasteiger partial charge in [-0.1, -0.05) is 63.3 Å². The minimum absolute atomic E-state index is 0.146. The number of amides is 1. The van der Waals surface area contributed by atoms with Crippen LogP contribution in [0.3, 0.4) is 0 Å². The lowest BCUT2D eigenvalue weighted by atomic mass is 10.1. The molecule has 1 aromatic rings. The van der Waals surface area contributed by atoms with Crippen LogP contribution in [0.2, 0.25) is 0 Å². The van der Waals surface area contributed by atoms with E-state index in [1.165, 1.54) is 25.7 Å². The summed E-state index contributed by atoms with van der Waals surface area (Å²) in [6.45, 7) is 3.32. The van der Waals surface area contributed by atoms with Gasteiger partial charge in [0.2, 0.25) is 5.91 Å². The third-order valence-electron chi connectivity index (χ3n) is 3.57. The van der Waals surface area contributed by atoms with Gasteiger partial charge in [-0.3, -0.25) is 4.79 Å². The first kappa shape index (κ1) is 16.7. The summed E-state index contributed by atoms with van der Waals surface area (Å²) >= 11 is 0.